The van der Waals surface area contributed by atoms with Crippen molar-refractivity contribution in [2.75, 3.05) is 26.2 Å². The van der Waals surface area contributed by atoms with Crippen molar-refractivity contribution in [1.29, 1.82) is 0 Å². The number of H-pyrrole nitrogens is 1. The summed E-state index contributed by atoms with van der Waals surface area (Å²) >= 11 is 0. The molecule has 0 aliphatic carbocycles. The highest BCUT2D eigenvalue weighted by Gasteiger charge is 2.27. The Kier molecular flexibility index (Phi) is 6.36. The molecule has 0 amide bonds. The fraction of sp³-hybridized carbons (Fsp3) is 0.300. The lowest BCUT2D eigenvalue weighted by Crippen LogP contribution is -2.47. The van der Waals surface area contributed by atoms with Gasteiger partial charge in [-0.25, -0.2) is 0 Å². The Bertz CT molecular complexity index is 1300. The van der Waals surface area contributed by atoms with Crippen LogP contribution in [0.25, 0.3) is 10.9 Å². The van der Waals surface area contributed by atoms with E-state index in [-0.39, 0.29) is 11.5 Å². The first-order valence-electron chi connectivity index (χ1n) is 12.2. The monoisotopic (exact) mass is 451 g/mol. The van der Waals surface area contributed by atoms with Gasteiger partial charge in [-0.3, -0.25) is 14.6 Å². The molecule has 0 unspecified atom stereocenters. The number of hydrogen-bond donors (Lipinski definition) is 1. The van der Waals surface area contributed by atoms with Gasteiger partial charge in [-0.15, -0.1) is 0 Å². The maximum absolute atomic E-state index is 13.4. The zero-order chi connectivity index (χ0) is 23.7. The molecular formula is C30H33N3O. The van der Waals surface area contributed by atoms with Crippen LogP contribution in [0.1, 0.15) is 39.6 Å². The van der Waals surface area contributed by atoms with Crippen LogP contribution in [0.4, 0.5) is 0 Å². The molecule has 5 rings (SSSR count). The van der Waals surface area contributed by atoms with E-state index in [0.717, 1.165) is 53.9 Å². The van der Waals surface area contributed by atoms with Crippen LogP contribution in [0.3, 0.4) is 0 Å². The number of benzene rings is 3. The third-order valence-corrected chi connectivity index (χ3v) is 7.14. The lowest BCUT2D eigenvalue weighted by atomic mass is 9.96. The molecule has 34 heavy (non-hydrogen) atoms. The van der Waals surface area contributed by atoms with Crippen molar-refractivity contribution in [3.05, 3.63) is 117 Å². The van der Waals surface area contributed by atoms with E-state index in [4.69, 9.17) is 0 Å². The van der Waals surface area contributed by atoms with Crippen molar-refractivity contribution in [3.63, 3.8) is 0 Å². The van der Waals surface area contributed by atoms with Crippen molar-refractivity contribution in [2.45, 2.75) is 33.4 Å². The largest absolute Gasteiger partial charge is 0.358 e. The molecule has 1 aromatic heterocycles. The molecule has 3 aromatic carbocycles. The fourth-order valence-electron chi connectivity index (χ4n) is 5.44. The van der Waals surface area contributed by atoms with E-state index in [1.54, 1.807) is 0 Å². The van der Waals surface area contributed by atoms with Crippen LogP contribution in [-0.4, -0.2) is 41.0 Å². The molecule has 0 radical (unpaired) electrons. The summed E-state index contributed by atoms with van der Waals surface area (Å²) in [6.07, 6.45) is 0. The van der Waals surface area contributed by atoms with Crippen LogP contribution < -0.4 is 5.43 Å². The molecule has 4 nitrogen and oxygen atoms in total. The second kappa shape index (κ2) is 9.57. The zero-order valence-electron chi connectivity index (χ0n) is 20.3. The minimum absolute atomic E-state index is 0.178. The van der Waals surface area contributed by atoms with E-state index in [9.17, 15) is 4.79 Å². The summed E-state index contributed by atoms with van der Waals surface area (Å²) in [5, 5.41) is 0.832. The number of rotatable bonds is 5. The summed E-state index contributed by atoms with van der Waals surface area (Å²) in [7, 11) is 0. The third kappa shape index (κ3) is 4.44. The van der Waals surface area contributed by atoms with E-state index >= 15 is 0 Å². The molecule has 1 N–H and O–H groups in total. The highest BCUT2D eigenvalue weighted by Crippen LogP contribution is 2.29. The Morgan fingerprint density at radius 1 is 0.824 bits per heavy atom. The first-order valence-corrected chi connectivity index (χ1v) is 12.2. The number of piperazine rings is 1. The average Bonchev–Trinajstić information content (AvgIpc) is 2.84. The molecule has 1 aliphatic heterocycles. The lowest BCUT2D eigenvalue weighted by molar-refractivity contribution is 0.104. The molecule has 2 heterocycles. The third-order valence-electron chi connectivity index (χ3n) is 7.14. The van der Waals surface area contributed by atoms with Gasteiger partial charge in [0.1, 0.15) is 0 Å². The Balaban J connectivity index is 1.36. The van der Waals surface area contributed by atoms with Crippen molar-refractivity contribution in [1.82, 2.24) is 14.8 Å². The minimum Gasteiger partial charge on any atom is -0.358 e. The molecule has 174 valence electrons. The summed E-state index contributed by atoms with van der Waals surface area (Å²) in [5.41, 5.74) is 7.89. The minimum atomic E-state index is 0.178. The number of fused-ring (bicyclic) bond motifs is 1. The molecule has 0 spiro atoms. The predicted octanol–water partition coefficient (Wildman–Crippen LogP) is 5.36. The van der Waals surface area contributed by atoms with Gasteiger partial charge in [0.15, 0.2) is 5.43 Å². The van der Waals surface area contributed by atoms with Crippen molar-refractivity contribution in [3.8, 4) is 0 Å². The normalized spacial score (nSPS) is 15.3. The molecule has 1 aliphatic rings. The molecular weight excluding hydrogens is 418 g/mol. The van der Waals surface area contributed by atoms with Gasteiger partial charge in [0.25, 0.3) is 0 Å². The van der Waals surface area contributed by atoms with Gasteiger partial charge >= 0.3 is 0 Å². The van der Waals surface area contributed by atoms with Gasteiger partial charge in [-0.1, -0.05) is 66.7 Å². The van der Waals surface area contributed by atoms with E-state index in [2.05, 4.69) is 94.5 Å². The Morgan fingerprint density at radius 3 is 2.00 bits per heavy atom. The summed E-state index contributed by atoms with van der Waals surface area (Å²) in [5.74, 6) is 0. The number of nitrogens with zero attached hydrogens (tertiary/aromatic N) is 2. The Hall–Kier alpha value is -3.21. The fourth-order valence-corrected chi connectivity index (χ4v) is 5.44. The number of nitrogens with one attached hydrogen (secondary N) is 1. The summed E-state index contributed by atoms with van der Waals surface area (Å²) in [6.45, 7) is 10.7. The molecule has 0 saturated carbocycles. The van der Waals surface area contributed by atoms with Crippen molar-refractivity contribution >= 4 is 10.9 Å². The number of aromatic amines is 1. The van der Waals surface area contributed by atoms with E-state index in [1.807, 2.05) is 13.8 Å². The molecule has 4 aromatic rings. The quantitative estimate of drug-likeness (QED) is 0.444. The number of hydrogen-bond acceptors (Lipinski definition) is 3. The van der Waals surface area contributed by atoms with Crippen LogP contribution in [0.2, 0.25) is 0 Å². The van der Waals surface area contributed by atoms with Gasteiger partial charge in [-0.2, -0.15) is 0 Å². The lowest BCUT2D eigenvalue weighted by Gasteiger charge is -2.40. The van der Waals surface area contributed by atoms with Crippen LogP contribution in [-0.2, 0) is 6.54 Å². The molecule has 1 fully saturated rings. The first kappa shape index (κ1) is 22.6. The highest BCUT2D eigenvalue weighted by atomic mass is 16.1. The molecule has 1 saturated heterocycles. The first-order chi connectivity index (χ1) is 16.5. The van der Waals surface area contributed by atoms with Crippen LogP contribution >= 0.6 is 0 Å². The Morgan fingerprint density at radius 2 is 1.41 bits per heavy atom. The van der Waals surface area contributed by atoms with E-state index in [1.165, 1.54) is 16.7 Å². The van der Waals surface area contributed by atoms with Gasteiger partial charge in [-0.05, 0) is 49.1 Å². The molecule has 0 atom stereocenters. The maximum Gasteiger partial charge on any atom is 0.194 e. The average molecular weight is 452 g/mol. The number of aryl methyl sites for hydroxylation is 3. The smallest absolute Gasteiger partial charge is 0.194 e. The summed E-state index contributed by atoms with van der Waals surface area (Å²) < 4.78 is 0. The van der Waals surface area contributed by atoms with Crippen LogP contribution in [0.15, 0.2) is 77.6 Å². The molecule has 0 bridgehead atoms. The number of aromatic nitrogens is 1. The summed E-state index contributed by atoms with van der Waals surface area (Å²) in [6, 6.07) is 26.0. The zero-order valence-corrected chi connectivity index (χ0v) is 20.3. The predicted molar refractivity (Wildman–Crippen MR) is 140 cm³/mol. The topological polar surface area (TPSA) is 39.3 Å². The maximum atomic E-state index is 13.4. The summed E-state index contributed by atoms with van der Waals surface area (Å²) in [4.78, 5) is 21.9. The van der Waals surface area contributed by atoms with Gasteiger partial charge in [0.2, 0.25) is 0 Å². The van der Waals surface area contributed by atoms with Gasteiger partial charge in [0.05, 0.1) is 11.6 Å². The van der Waals surface area contributed by atoms with Crippen LogP contribution in [0.5, 0.6) is 0 Å². The van der Waals surface area contributed by atoms with Crippen molar-refractivity contribution < 1.29 is 0 Å². The van der Waals surface area contributed by atoms with Gasteiger partial charge < -0.3 is 4.98 Å². The highest BCUT2D eigenvalue weighted by molar-refractivity contribution is 5.83. The second-order valence-corrected chi connectivity index (χ2v) is 9.60. The van der Waals surface area contributed by atoms with E-state index < -0.39 is 0 Å². The SMILES string of the molecule is Cc1cc(C)c2c(=O)c(CN3CCN(C(c4ccccc4)c4ccccc4)CC3)c(C)[nH]c2c1. The Labute approximate surface area is 201 Å². The van der Waals surface area contributed by atoms with E-state index in [0.29, 0.717) is 6.54 Å². The van der Waals surface area contributed by atoms with Gasteiger partial charge in [0, 0.05) is 49.4 Å². The standard InChI is InChI=1S/C30H33N3O/c1-21-18-22(2)28-27(19-21)31-23(3)26(30(28)34)20-32-14-16-33(17-15-32)29(24-10-6-4-7-11-24)25-12-8-5-9-13-25/h4-13,18-19,29H,14-17,20H2,1-3H3,(H,31,34). The second-order valence-electron chi connectivity index (χ2n) is 9.60. The van der Waals surface area contributed by atoms with Crippen molar-refractivity contribution in [2.24, 2.45) is 0 Å². The number of pyridine rings is 1. The van der Waals surface area contributed by atoms with Crippen LogP contribution in [0, 0.1) is 20.8 Å². The molecule has 4 heteroatoms.